The lowest BCUT2D eigenvalue weighted by atomic mass is 10.1. The highest BCUT2D eigenvalue weighted by molar-refractivity contribution is 5.92. The Hall–Kier alpha value is -2.63. The topological polar surface area (TPSA) is 52.6 Å². The highest BCUT2D eigenvalue weighted by Crippen LogP contribution is 2.25. The van der Waals surface area contributed by atoms with Gasteiger partial charge in [0.1, 0.15) is 0 Å². The molecule has 0 unspecified atom stereocenters. The molecule has 29 heavy (non-hydrogen) atoms. The average molecular weight is 394 g/mol. The van der Waals surface area contributed by atoms with Gasteiger partial charge in [0, 0.05) is 45.0 Å². The fourth-order valence-electron chi connectivity index (χ4n) is 4.30. The highest BCUT2D eigenvalue weighted by Gasteiger charge is 2.22. The van der Waals surface area contributed by atoms with Crippen molar-refractivity contribution in [2.24, 2.45) is 0 Å². The van der Waals surface area contributed by atoms with Crippen molar-refractivity contribution >= 4 is 17.4 Å². The van der Waals surface area contributed by atoms with E-state index in [0.29, 0.717) is 5.69 Å². The monoisotopic (exact) mass is 393 g/mol. The largest absolute Gasteiger partial charge is 0.368 e. The van der Waals surface area contributed by atoms with E-state index in [1.807, 2.05) is 17.0 Å². The molecule has 2 aliphatic rings. The van der Waals surface area contributed by atoms with Gasteiger partial charge in [-0.2, -0.15) is 0 Å². The molecule has 1 amide bonds. The van der Waals surface area contributed by atoms with Crippen molar-refractivity contribution in [3.05, 3.63) is 47.2 Å². The third-order valence-electron chi connectivity index (χ3n) is 6.28. The first-order chi connectivity index (χ1) is 14.1. The van der Waals surface area contributed by atoms with E-state index >= 15 is 0 Å². The Kier molecular flexibility index (Phi) is 5.97. The van der Waals surface area contributed by atoms with Crippen LogP contribution in [0.3, 0.4) is 0 Å². The van der Waals surface area contributed by atoms with Crippen LogP contribution in [0.25, 0.3) is 0 Å². The molecule has 0 bridgehead atoms. The van der Waals surface area contributed by atoms with Crippen molar-refractivity contribution < 1.29 is 4.79 Å². The number of aromatic nitrogens is 2. The molecule has 6 nitrogen and oxygen atoms in total. The lowest BCUT2D eigenvalue weighted by Gasteiger charge is -2.37. The molecule has 1 aromatic carbocycles. The summed E-state index contributed by atoms with van der Waals surface area (Å²) in [6, 6.07) is 10.3. The number of anilines is 2. The van der Waals surface area contributed by atoms with Crippen molar-refractivity contribution in [3.63, 3.8) is 0 Å². The van der Waals surface area contributed by atoms with E-state index in [0.717, 1.165) is 57.9 Å². The van der Waals surface area contributed by atoms with E-state index in [9.17, 15) is 4.79 Å². The van der Waals surface area contributed by atoms with Gasteiger partial charge in [-0.05, 0) is 56.0 Å². The molecule has 1 aromatic heterocycles. The van der Waals surface area contributed by atoms with Gasteiger partial charge in [0.05, 0.1) is 0 Å². The lowest BCUT2D eigenvalue weighted by molar-refractivity contribution is 0.0754. The smallest absolute Gasteiger partial charge is 0.274 e. The Morgan fingerprint density at radius 1 is 0.793 bits per heavy atom. The number of rotatable bonds is 3. The molecule has 2 saturated heterocycles. The number of carbonyl (C=O) groups excluding carboxylic acids is 1. The van der Waals surface area contributed by atoms with Gasteiger partial charge < -0.3 is 14.7 Å². The molecular formula is C23H31N5O. The third kappa shape index (κ3) is 4.36. The van der Waals surface area contributed by atoms with Crippen molar-refractivity contribution in [3.8, 4) is 0 Å². The first kappa shape index (κ1) is 19.7. The SMILES string of the molecule is Cc1cccc(N2CCN(c3ccc(C(=O)N4CCCCCC4)nn3)CC2)c1C. The summed E-state index contributed by atoms with van der Waals surface area (Å²) < 4.78 is 0. The third-order valence-corrected chi connectivity index (χ3v) is 6.28. The molecule has 3 heterocycles. The summed E-state index contributed by atoms with van der Waals surface area (Å²) in [5.41, 5.74) is 4.48. The van der Waals surface area contributed by atoms with Gasteiger partial charge in [-0.25, -0.2) is 0 Å². The average Bonchev–Trinajstić information content (AvgIpc) is 3.05. The number of benzene rings is 1. The highest BCUT2D eigenvalue weighted by atomic mass is 16.2. The Morgan fingerprint density at radius 2 is 1.48 bits per heavy atom. The minimum atomic E-state index is 0.0192. The second-order valence-corrected chi connectivity index (χ2v) is 8.18. The summed E-state index contributed by atoms with van der Waals surface area (Å²) in [7, 11) is 0. The zero-order valence-corrected chi connectivity index (χ0v) is 17.6. The molecule has 0 N–H and O–H groups in total. The molecule has 0 atom stereocenters. The van der Waals surface area contributed by atoms with Crippen LogP contribution in [0.4, 0.5) is 11.5 Å². The van der Waals surface area contributed by atoms with Crippen LogP contribution >= 0.6 is 0 Å². The number of hydrogen-bond acceptors (Lipinski definition) is 5. The summed E-state index contributed by atoms with van der Waals surface area (Å²) in [6.45, 7) is 9.76. The van der Waals surface area contributed by atoms with Gasteiger partial charge in [-0.1, -0.05) is 25.0 Å². The van der Waals surface area contributed by atoms with Crippen LogP contribution in [-0.4, -0.2) is 60.3 Å². The molecule has 2 aromatic rings. The van der Waals surface area contributed by atoms with E-state index in [4.69, 9.17) is 0 Å². The van der Waals surface area contributed by atoms with Gasteiger partial charge in [-0.15, -0.1) is 10.2 Å². The summed E-state index contributed by atoms with van der Waals surface area (Å²) in [4.78, 5) is 19.3. The van der Waals surface area contributed by atoms with Crippen LogP contribution in [0.1, 0.15) is 47.3 Å². The maximum Gasteiger partial charge on any atom is 0.274 e. The van der Waals surface area contributed by atoms with Crippen LogP contribution < -0.4 is 9.80 Å². The second kappa shape index (κ2) is 8.80. The molecule has 154 valence electrons. The van der Waals surface area contributed by atoms with Gasteiger partial charge in [0.15, 0.2) is 11.5 Å². The van der Waals surface area contributed by atoms with Crippen LogP contribution in [0.2, 0.25) is 0 Å². The number of nitrogens with zero attached hydrogens (tertiary/aromatic N) is 5. The van der Waals surface area contributed by atoms with Crippen LogP contribution in [0, 0.1) is 13.8 Å². The Morgan fingerprint density at radius 3 is 2.14 bits per heavy atom. The maximum atomic E-state index is 12.7. The zero-order chi connectivity index (χ0) is 20.2. The van der Waals surface area contributed by atoms with E-state index in [1.54, 1.807) is 0 Å². The van der Waals surface area contributed by atoms with E-state index in [2.05, 4.69) is 52.0 Å². The predicted octanol–water partition coefficient (Wildman–Crippen LogP) is 3.44. The number of piperazine rings is 1. The van der Waals surface area contributed by atoms with Crippen molar-refractivity contribution in [1.29, 1.82) is 0 Å². The first-order valence-corrected chi connectivity index (χ1v) is 10.8. The number of amides is 1. The predicted molar refractivity (Wildman–Crippen MR) is 117 cm³/mol. The number of hydrogen-bond donors (Lipinski definition) is 0. The standard InChI is InChI=1S/C23H31N5O/c1-18-8-7-9-21(19(18)2)26-14-16-27(17-15-26)22-11-10-20(24-25-22)23(29)28-12-5-3-4-6-13-28/h7-11H,3-6,12-17H2,1-2H3. The second-order valence-electron chi connectivity index (χ2n) is 8.18. The summed E-state index contributed by atoms with van der Waals surface area (Å²) in [5.74, 6) is 0.878. The molecule has 0 spiro atoms. The molecule has 2 fully saturated rings. The van der Waals surface area contributed by atoms with Crippen LogP contribution in [0.5, 0.6) is 0 Å². The summed E-state index contributed by atoms with van der Waals surface area (Å²) >= 11 is 0. The molecule has 6 heteroatoms. The molecule has 0 saturated carbocycles. The van der Waals surface area contributed by atoms with Gasteiger partial charge in [0.2, 0.25) is 0 Å². The van der Waals surface area contributed by atoms with E-state index in [-0.39, 0.29) is 5.91 Å². The lowest BCUT2D eigenvalue weighted by Crippen LogP contribution is -2.47. The molecule has 0 radical (unpaired) electrons. The molecule has 0 aliphatic carbocycles. The minimum Gasteiger partial charge on any atom is -0.368 e. The zero-order valence-electron chi connectivity index (χ0n) is 17.6. The van der Waals surface area contributed by atoms with Crippen LogP contribution in [-0.2, 0) is 0 Å². The Balaban J connectivity index is 1.38. The quantitative estimate of drug-likeness (QED) is 0.800. The van der Waals surface area contributed by atoms with Gasteiger partial charge >= 0.3 is 0 Å². The van der Waals surface area contributed by atoms with Gasteiger partial charge in [0.25, 0.3) is 5.91 Å². The summed E-state index contributed by atoms with van der Waals surface area (Å²) in [5, 5.41) is 8.65. The van der Waals surface area contributed by atoms with E-state index < -0.39 is 0 Å². The normalized spacial score (nSPS) is 17.9. The number of aryl methyl sites for hydroxylation is 1. The van der Waals surface area contributed by atoms with Crippen molar-refractivity contribution in [2.75, 3.05) is 49.1 Å². The fraction of sp³-hybridized carbons (Fsp3) is 0.522. The first-order valence-electron chi connectivity index (χ1n) is 10.8. The fourth-order valence-corrected chi connectivity index (χ4v) is 4.30. The molecule has 4 rings (SSSR count). The van der Waals surface area contributed by atoms with E-state index in [1.165, 1.54) is 29.7 Å². The molecule has 2 aliphatic heterocycles. The van der Waals surface area contributed by atoms with Crippen LogP contribution in [0.15, 0.2) is 30.3 Å². The maximum absolute atomic E-state index is 12.7. The Labute approximate surface area is 173 Å². The number of carbonyl (C=O) groups is 1. The summed E-state index contributed by atoms with van der Waals surface area (Å²) in [6.07, 6.45) is 4.59. The molecular weight excluding hydrogens is 362 g/mol. The minimum absolute atomic E-state index is 0.0192. The number of likely N-dealkylation sites (tertiary alicyclic amines) is 1. The van der Waals surface area contributed by atoms with Crippen molar-refractivity contribution in [2.45, 2.75) is 39.5 Å². The van der Waals surface area contributed by atoms with Crippen molar-refractivity contribution in [1.82, 2.24) is 15.1 Å². The Bertz CT molecular complexity index is 835. The van der Waals surface area contributed by atoms with Gasteiger partial charge in [-0.3, -0.25) is 4.79 Å².